The molecule has 1 aromatic carbocycles. The quantitative estimate of drug-likeness (QED) is 0.595. The zero-order valence-electron chi connectivity index (χ0n) is 14.2. The summed E-state index contributed by atoms with van der Waals surface area (Å²) in [4.78, 5) is 4.28. The highest BCUT2D eigenvalue weighted by molar-refractivity contribution is 7.80. The van der Waals surface area contributed by atoms with Gasteiger partial charge in [0.15, 0.2) is 5.11 Å². The standard InChI is InChI=1S/C20H23N3OS/c1-2-14-24-18-9-7-17(8-10-18)22-19(25)23-20(11-3-4-12-20)16-6-5-13-21-15-16/h2,5-10,13,15H,1,3-4,11-12,14H2,(H2,22,23,25). The molecular weight excluding hydrogens is 330 g/mol. The van der Waals surface area contributed by atoms with Crippen LogP contribution < -0.4 is 15.4 Å². The molecule has 0 radical (unpaired) electrons. The van der Waals surface area contributed by atoms with Crippen LogP contribution in [0.2, 0.25) is 0 Å². The third kappa shape index (κ3) is 4.37. The van der Waals surface area contributed by atoms with Crippen molar-refractivity contribution in [1.29, 1.82) is 0 Å². The van der Waals surface area contributed by atoms with Gasteiger partial charge < -0.3 is 15.4 Å². The van der Waals surface area contributed by atoms with E-state index >= 15 is 0 Å². The molecule has 0 aliphatic heterocycles. The van der Waals surface area contributed by atoms with E-state index < -0.39 is 0 Å². The Balaban J connectivity index is 1.65. The maximum Gasteiger partial charge on any atom is 0.171 e. The van der Waals surface area contributed by atoms with E-state index in [-0.39, 0.29) is 5.54 Å². The highest BCUT2D eigenvalue weighted by atomic mass is 32.1. The van der Waals surface area contributed by atoms with Gasteiger partial charge in [-0.3, -0.25) is 4.98 Å². The molecular formula is C20H23N3OS. The second-order valence-corrected chi connectivity index (χ2v) is 6.64. The van der Waals surface area contributed by atoms with Crippen molar-refractivity contribution >= 4 is 23.0 Å². The molecule has 0 saturated heterocycles. The van der Waals surface area contributed by atoms with Gasteiger partial charge in [0, 0.05) is 18.1 Å². The second kappa shape index (κ2) is 8.12. The van der Waals surface area contributed by atoms with Crippen LogP contribution in [0.25, 0.3) is 0 Å². The number of thiocarbonyl (C=S) groups is 1. The summed E-state index contributed by atoms with van der Waals surface area (Å²) in [6.45, 7) is 4.15. The molecule has 25 heavy (non-hydrogen) atoms. The van der Waals surface area contributed by atoms with Crippen molar-refractivity contribution in [3.8, 4) is 5.75 Å². The van der Waals surface area contributed by atoms with Crippen LogP contribution >= 0.6 is 12.2 Å². The molecule has 1 saturated carbocycles. The van der Waals surface area contributed by atoms with Gasteiger partial charge in [0.05, 0.1) is 5.54 Å². The highest BCUT2D eigenvalue weighted by Gasteiger charge is 2.36. The minimum atomic E-state index is -0.120. The van der Waals surface area contributed by atoms with Crippen LogP contribution in [0.3, 0.4) is 0 Å². The van der Waals surface area contributed by atoms with E-state index in [2.05, 4.69) is 28.3 Å². The summed E-state index contributed by atoms with van der Waals surface area (Å²) in [5, 5.41) is 7.44. The average Bonchev–Trinajstić information content (AvgIpc) is 3.11. The molecule has 1 aromatic heterocycles. The number of hydrogen-bond acceptors (Lipinski definition) is 3. The number of pyridine rings is 1. The fourth-order valence-electron chi connectivity index (χ4n) is 3.28. The smallest absolute Gasteiger partial charge is 0.171 e. The van der Waals surface area contributed by atoms with Crippen LogP contribution in [-0.4, -0.2) is 16.7 Å². The molecule has 4 nitrogen and oxygen atoms in total. The number of aromatic nitrogens is 1. The second-order valence-electron chi connectivity index (χ2n) is 6.23. The maximum atomic E-state index is 5.56. The van der Waals surface area contributed by atoms with E-state index in [1.54, 1.807) is 12.3 Å². The van der Waals surface area contributed by atoms with Crippen LogP contribution in [-0.2, 0) is 5.54 Å². The third-order valence-corrected chi connectivity index (χ3v) is 4.71. The number of hydrogen-bond donors (Lipinski definition) is 2. The number of nitrogens with one attached hydrogen (secondary N) is 2. The summed E-state index contributed by atoms with van der Waals surface area (Å²) in [6, 6.07) is 11.9. The van der Waals surface area contributed by atoms with E-state index in [1.165, 1.54) is 18.4 Å². The van der Waals surface area contributed by atoms with Crippen molar-refractivity contribution in [2.75, 3.05) is 11.9 Å². The van der Waals surface area contributed by atoms with Gasteiger partial charge in [0.25, 0.3) is 0 Å². The minimum absolute atomic E-state index is 0.120. The van der Waals surface area contributed by atoms with Crippen molar-refractivity contribution in [3.63, 3.8) is 0 Å². The van der Waals surface area contributed by atoms with E-state index in [1.807, 2.05) is 36.5 Å². The zero-order chi connectivity index (χ0) is 17.5. The molecule has 2 aromatic rings. The van der Waals surface area contributed by atoms with E-state index in [0.29, 0.717) is 11.7 Å². The lowest BCUT2D eigenvalue weighted by Gasteiger charge is -2.32. The lowest BCUT2D eigenvalue weighted by Crippen LogP contribution is -2.45. The topological polar surface area (TPSA) is 46.2 Å². The summed E-state index contributed by atoms with van der Waals surface area (Å²) >= 11 is 5.56. The fourth-order valence-corrected chi connectivity index (χ4v) is 3.59. The van der Waals surface area contributed by atoms with E-state index in [4.69, 9.17) is 17.0 Å². The Hall–Kier alpha value is -2.40. The molecule has 1 aliphatic carbocycles. The summed E-state index contributed by atoms with van der Waals surface area (Å²) in [5.74, 6) is 0.812. The van der Waals surface area contributed by atoms with Gasteiger partial charge in [-0.2, -0.15) is 0 Å². The molecule has 5 heteroatoms. The number of benzene rings is 1. The lowest BCUT2D eigenvalue weighted by molar-refractivity contribution is 0.363. The highest BCUT2D eigenvalue weighted by Crippen LogP contribution is 2.38. The fraction of sp³-hybridized carbons (Fsp3) is 0.300. The van der Waals surface area contributed by atoms with Crippen molar-refractivity contribution in [1.82, 2.24) is 10.3 Å². The molecule has 0 spiro atoms. The number of ether oxygens (including phenoxy) is 1. The monoisotopic (exact) mass is 353 g/mol. The van der Waals surface area contributed by atoms with Crippen molar-refractivity contribution in [3.05, 3.63) is 67.0 Å². The van der Waals surface area contributed by atoms with Crippen LogP contribution in [0, 0.1) is 0 Å². The number of anilines is 1. The van der Waals surface area contributed by atoms with Gasteiger partial charge in [-0.05, 0) is 61.0 Å². The molecule has 1 fully saturated rings. The summed E-state index contributed by atoms with van der Waals surface area (Å²) in [5.41, 5.74) is 2.01. The molecule has 130 valence electrons. The first-order valence-electron chi connectivity index (χ1n) is 8.55. The average molecular weight is 353 g/mol. The Bertz CT molecular complexity index is 709. The summed E-state index contributed by atoms with van der Waals surface area (Å²) in [6.07, 6.45) is 9.99. The molecule has 3 rings (SSSR count). The predicted molar refractivity (Wildman–Crippen MR) is 106 cm³/mol. The SMILES string of the molecule is C=CCOc1ccc(NC(=S)NC2(c3cccnc3)CCCC2)cc1. The normalized spacial score (nSPS) is 15.4. The van der Waals surface area contributed by atoms with Crippen LogP contribution in [0.1, 0.15) is 31.2 Å². The Kier molecular flexibility index (Phi) is 5.66. The molecule has 1 heterocycles. The molecule has 0 unspecified atom stereocenters. The predicted octanol–water partition coefficient (Wildman–Crippen LogP) is 4.40. The minimum Gasteiger partial charge on any atom is -0.490 e. The number of rotatable bonds is 6. The lowest BCUT2D eigenvalue weighted by atomic mass is 9.89. The summed E-state index contributed by atoms with van der Waals surface area (Å²) in [7, 11) is 0. The van der Waals surface area contributed by atoms with Gasteiger partial charge in [-0.15, -0.1) is 0 Å². The van der Waals surface area contributed by atoms with Crippen molar-refractivity contribution < 1.29 is 4.74 Å². The molecule has 2 N–H and O–H groups in total. The van der Waals surface area contributed by atoms with Crippen LogP contribution in [0.5, 0.6) is 5.75 Å². The van der Waals surface area contributed by atoms with Gasteiger partial charge in [-0.1, -0.05) is 31.6 Å². The van der Waals surface area contributed by atoms with Crippen molar-refractivity contribution in [2.45, 2.75) is 31.2 Å². The van der Waals surface area contributed by atoms with Gasteiger partial charge in [0.1, 0.15) is 12.4 Å². The van der Waals surface area contributed by atoms with Crippen molar-refractivity contribution in [2.24, 2.45) is 0 Å². The van der Waals surface area contributed by atoms with Gasteiger partial charge in [-0.25, -0.2) is 0 Å². The molecule has 0 bridgehead atoms. The maximum absolute atomic E-state index is 5.56. The largest absolute Gasteiger partial charge is 0.490 e. The Morgan fingerprint density at radius 3 is 2.64 bits per heavy atom. The third-order valence-electron chi connectivity index (χ3n) is 4.50. The summed E-state index contributed by atoms with van der Waals surface area (Å²) < 4.78 is 5.50. The number of nitrogens with zero attached hydrogens (tertiary/aromatic N) is 1. The Labute approximate surface area is 154 Å². The van der Waals surface area contributed by atoms with Crippen LogP contribution in [0.15, 0.2) is 61.4 Å². The Morgan fingerprint density at radius 1 is 1.24 bits per heavy atom. The van der Waals surface area contributed by atoms with E-state index in [0.717, 1.165) is 24.3 Å². The van der Waals surface area contributed by atoms with Gasteiger partial charge >= 0.3 is 0 Å². The molecule has 0 atom stereocenters. The van der Waals surface area contributed by atoms with E-state index in [9.17, 15) is 0 Å². The zero-order valence-corrected chi connectivity index (χ0v) is 15.0. The molecule has 1 aliphatic rings. The Morgan fingerprint density at radius 2 is 2.00 bits per heavy atom. The first-order valence-corrected chi connectivity index (χ1v) is 8.96. The first kappa shape index (κ1) is 17.4. The van der Waals surface area contributed by atoms with Gasteiger partial charge in [0.2, 0.25) is 0 Å². The first-order chi connectivity index (χ1) is 12.2. The van der Waals surface area contributed by atoms with Crippen LogP contribution in [0.4, 0.5) is 5.69 Å². The molecule has 0 amide bonds.